The van der Waals surface area contributed by atoms with Crippen LogP contribution in [0.5, 0.6) is 0 Å². The van der Waals surface area contributed by atoms with E-state index in [4.69, 9.17) is 14.5 Å². The van der Waals surface area contributed by atoms with E-state index in [1.165, 1.54) is 0 Å². The minimum Gasteiger partial charge on any atom is -0.383 e. The van der Waals surface area contributed by atoms with Gasteiger partial charge in [-0.25, -0.2) is 9.67 Å². The van der Waals surface area contributed by atoms with E-state index in [9.17, 15) is 4.79 Å². The van der Waals surface area contributed by atoms with Crippen LogP contribution in [0.4, 0.5) is 0 Å². The predicted octanol–water partition coefficient (Wildman–Crippen LogP) is 2.62. The fraction of sp³-hybridized carbons (Fsp3) is 0.632. The molecule has 26 heavy (non-hydrogen) atoms. The molecule has 0 aromatic carbocycles. The molecule has 7 nitrogen and oxygen atoms in total. The summed E-state index contributed by atoms with van der Waals surface area (Å²) >= 11 is 0. The van der Waals surface area contributed by atoms with E-state index in [1.54, 1.807) is 25.3 Å². The minimum atomic E-state index is -0.0169. The van der Waals surface area contributed by atoms with Gasteiger partial charge in [-0.2, -0.15) is 5.10 Å². The van der Waals surface area contributed by atoms with Crippen LogP contribution >= 0.6 is 0 Å². The molecule has 0 spiro atoms. The fourth-order valence-corrected chi connectivity index (χ4v) is 3.07. The van der Waals surface area contributed by atoms with Crippen molar-refractivity contribution in [3.8, 4) is 0 Å². The van der Waals surface area contributed by atoms with Crippen molar-refractivity contribution in [2.75, 3.05) is 40.5 Å². The van der Waals surface area contributed by atoms with Crippen LogP contribution in [-0.2, 0) is 9.47 Å². The highest BCUT2D eigenvalue weighted by molar-refractivity contribution is 6.05. The second kappa shape index (κ2) is 8.14. The van der Waals surface area contributed by atoms with Gasteiger partial charge in [0.25, 0.3) is 5.91 Å². The standard InChI is InChI=1S/C19H28N4O3/c1-13(2)23-18-16(12-20-23)15(11-17(21-18)14-5-6-14)19(24)22(7-9-25-3)8-10-26-4/h11-14H,5-10H2,1-4H3. The summed E-state index contributed by atoms with van der Waals surface area (Å²) in [6.07, 6.45) is 4.04. The van der Waals surface area contributed by atoms with E-state index in [0.29, 0.717) is 37.8 Å². The van der Waals surface area contributed by atoms with Crippen molar-refractivity contribution in [3.05, 3.63) is 23.5 Å². The largest absolute Gasteiger partial charge is 0.383 e. The fourth-order valence-electron chi connectivity index (χ4n) is 3.07. The van der Waals surface area contributed by atoms with E-state index in [2.05, 4.69) is 18.9 Å². The summed E-state index contributed by atoms with van der Waals surface area (Å²) in [5.41, 5.74) is 2.48. The zero-order valence-corrected chi connectivity index (χ0v) is 16.1. The van der Waals surface area contributed by atoms with Crippen molar-refractivity contribution < 1.29 is 14.3 Å². The molecule has 0 aliphatic heterocycles. The average Bonchev–Trinajstić information content (AvgIpc) is 3.39. The van der Waals surface area contributed by atoms with E-state index >= 15 is 0 Å². The maximum absolute atomic E-state index is 13.3. The Morgan fingerprint density at radius 3 is 2.46 bits per heavy atom. The Morgan fingerprint density at radius 1 is 1.27 bits per heavy atom. The summed E-state index contributed by atoms with van der Waals surface area (Å²) in [5.74, 6) is 0.449. The van der Waals surface area contributed by atoms with Crippen LogP contribution in [0.15, 0.2) is 12.3 Å². The van der Waals surface area contributed by atoms with Crippen LogP contribution in [0.3, 0.4) is 0 Å². The van der Waals surface area contributed by atoms with Crippen LogP contribution in [-0.4, -0.2) is 66.1 Å². The van der Waals surface area contributed by atoms with E-state index in [0.717, 1.165) is 29.6 Å². The minimum absolute atomic E-state index is 0.0169. The van der Waals surface area contributed by atoms with Gasteiger partial charge in [0, 0.05) is 45.0 Å². The highest BCUT2D eigenvalue weighted by atomic mass is 16.5. The SMILES string of the molecule is COCCN(CCOC)C(=O)c1cc(C2CC2)nc2c1cnn2C(C)C. The zero-order chi connectivity index (χ0) is 18.7. The molecule has 1 aliphatic carbocycles. The first-order valence-corrected chi connectivity index (χ1v) is 9.22. The van der Waals surface area contributed by atoms with Gasteiger partial charge in [0.05, 0.1) is 30.4 Å². The van der Waals surface area contributed by atoms with Gasteiger partial charge in [-0.3, -0.25) is 4.79 Å². The summed E-state index contributed by atoms with van der Waals surface area (Å²) in [4.78, 5) is 19.9. The molecule has 0 unspecified atom stereocenters. The number of amides is 1. The van der Waals surface area contributed by atoms with Gasteiger partial charge in [-0.05, 0) is 32.8 Å². The highest BCUT2D eigenvalue weighted by Gasteiger charge is 2.29. The summed E-state index contributed by atoms with van der Waals surface area (Å²) in [6.45, 7) is 6.18. The van der Waals surface area contributed by atoms with Gasteiger partial charge in [0.15, 0.2) is 5.65 Å². The van der Waals surface area contributed by atoms with Gasteiger partial charge in [-0.15, -0.1) is 0 Å². The van der Waals surface area contributed by atoms with Gasteiger partial charge in [-0.1, -0.05) is 0 Å². The van der Waals surface area contributed by atoms with E-state index in [-0.39, 0.29) is 11.9 Å². The molecule has 1 amide bonds. The molecule has 2 heterocycles. The van der Waals surface area contributed by atoms with Crippen molar-refractivity contribution in [1.82, 2.24) is 19.7 Å². The maximum Gasteiger partial charge on any atom is 0.254 e. The Morgan fingerprint density at radius 2 is 1.92 bits per heavy atom. The molecule has 142 valence electrons. The van der Waals surface area contributed by atoms with Gasteiger partial charge >= 0.3 is 0 Å². The first-order chi connectivity index (χ1) is 12.6. The first kappa shape index (κ1) is 18.8. The van der Waals surface area contributed by atoms with Crippen LogP contribution in [0.1, 0.15) is 54.7 Å². The molecular weight excluding hydrogens is 332 g/mol. The average molecular weight is 360 g/mol. The maximum atomic E-state index is 13.3. The lowest BCUT2D eigenvalue weighted by Crippen LogP contribution is -2.36. The number of carbonyl (C=O) groups is 1. The molecule has 0 atom stereocenters. The molecule has 0 N–H and O–H groups in total. The third-order valence-electron chi connectivity index (χ3n) is 4.72. The summed E-state index contributed by atoms with van der Waals surface area (Å²) < 4.78 is 12.2. The van der Waals surface area contributed by atoms with Gasteiger partial charge in [0.2, 0.25) is 0 Å². The summed E-state index contributed by atoms with van der Waals surface area (Å²) in [6, 6.07) is 2.15. The number of aromatic nitrogens is 3. The molecule has 0 bridgehead atoms. The van der Waals surface area contributed by atoms with Gasteiger partial charge < -0.3 is 14.4 Å². The first-order valence-electron chi connectivity index (χ1n) is 9.22. The molecule has 0 saturated heterocycles. The van der Waals surface area contributed by atoms with Crippen LogP contribution in [0, 0.1) is 0 Å². The van der Waals surface area contributed by atoms with Crippen LogP contribution < -0.4 is 0 Å². The second-order valence-electron chi connectivity index (χ2n) is 7.07. The Kier molecular flexibility index (Phi) is 5.88. The number of ether oxygens (including phenoxy) is 2. The number of rotatable bonds is 9. The number of methoxy groups -OCH3 is 2. The number of nitrogens with zero attached hydrogens (tertiary/aromatic N) is 4. The number of fused-ring (bicyclic) bond motifs is 1. The lowest BCUT2D eigenvalue weighted by atomic mass is 10.1. The van der Waals surface area contributed by atoms with Crippen LogP contribution in [0.2, 0.25) is 0 Å². The lowest BCUT2D eigenvalue weighted by molar-refractivity contribution is 0.0629. The van der Waals surface area contributed by atoms with E-state index < -0.39 is 0 Å². The third kappa shape index (κ3) is 3.88. The molecular formula is C19H28N4O3. The molecule has 1 saturated carbocycles. The number of carbonyl (C=O) groups excluding carboxylic acids is 1. The molecule has 1 fully saturated rings. The lowest BCUT2D eigenvalue weighted by Gasteiger charge is -2.22. The number of hydrogen-bond donors (Lipinski definition) is 0. The number of pyridine rings is 1. The zero-order valence-electron chi connectivity index (χ0n) is 16.1. The summed E-state index contributed by atoms with van der Waals surface area (Å²) in [5, 5.41) is 5.29. The Hall–Kier alpha value is -1.99. The van der Waals surface area contributed by atoms with Crippen molar-refractivity contribution in [2.45, 2.75) is 38.6 Å². The molecule has 2 aromatic heterocycles. The highest BCUT2D eigenvalue weighted by Crippen LogP contribution is 2.40. The molecule has 0 radical (unpaired) electrons. The quantitative estimate of drug-likeness (QED) is 0.687. The van der Waals surface area contributed by atoms with Crippen molar-refractivity contribution in [2.24, 2.45) is 0 Å². The van der Waals surface area contributed by atoms with Crippen molar-refractivity contribution in [3.63, 3.8) is 0 Å². The van der Waals surface area contributed by atoms with E-state index in [1.807, 2.05) is 10.7 Å². The van der Waals surface area contributed by atoms with Crippen LogP contribution in [0.25, 0.3) is 11.0 Å². The van der Waals surface area contributed by atoms with Crippen molar-refractivity contribution >= 4 is 16.9 Å². The normalized spacial score (nSPS) is 14.3. The Labute approximate surface area is 154 Å². The topological polar surface area (TPSA) is 69.5 Å². The van der Waals surface area contributed by atoms with Gasteiger partial charge in [0.1, 0.15) is 0 Å². The summed E-state index contributed by atoms with van der Waals surface area (Å²) in [7, 11) is 3.28. The second-order valence-corrected chi connectivity index (χ2v) is 7.07. The molecule has 7 heteroatoms. The molecule has 2 aromatic rings. The monoisotopic (exact) mass is 360 g/mol. The molecule has 3 rings (SSSR count). The Balaban J connectivity index is 2.02. The smallest absolute Gasteiger partial charge is 0.254 e. The van der Waals surface area contributed by atoms with Crippen molar-refractivity contribution in [1.29, 1.82) is 0 Å². The molecule has 1 aliphatic rings. The predicted molar refractivity (Wildman–Crippen MR) is 99.5 cm³/mol. The number of hydrogen-bond acceptors (Lipinski definition) is 5. The third-order valence-corrected chi connectivity index (χ3v) is 4.72. The Bertz CT molecular complexity index is 759.